The van der Waals surface area contributed by atoms with E-state index in [1.807, 2.05) is 24.0 Å². The smallest absolute Gasteiger partial charge is 0.319 e. The number of hydrogen-bond acceptors (Lipinski definition) is 3. The molecule has 0 saturated carbocycles. The maximum atomic E-state index is 12.2. The van der Waals surface area contributed by atoms with Crippen molar-refractivity contribution >= 4 is 11.9 Å². The zero-order valence-corrected chi connectivity index (χ0v) is 12.9. The van der Waals surface area contributed by atoms with Gasteiger partial charge in [0, 0.05) is 52.2 Å². The fourth-order valence-electron chi connectivity index (χ4n) is 2.32. The Morgan fingerprint density at radius 1 is 1.14 bits per heavy atom. The van der Waals surface area contributed by atoms with Crippen LogP contribution in [0.3, 0.4) is 0 Å². The van der Waals surface area contributed by atoms with Crippen LogP contribution in [0.15, 0.2) is 18.3 Å². The van der Waals surface area contributed by atoms with Gasteiger partial charge in [-0.15, -0.1) is 0 Å². The first kappa shape index (κ1) is 15.3. The van der Waals surface area contributed by atoms with Gasteiger partial charge in [-0.2, -0.15) is 0 Å². The van der Waals surface area contributed by atoms with E-state index >= 15 is 0 Å². The normalized spacial score (nSPS) is 15.0. The lowest BCUT2D eigenvalue weighted by molar-refractivity contribution is -0.131. The minimum absolute atomic E-state index is 0.00448. The zero-order valence-electron chi connectivity index (χ0n) is 12.9. The number of aryl methyl sites for hydroxylation is 1. The Bertz CT molecular complexity index is 505. The molecule has 0 atom stereocenters. The van der Waals surface area contributed by atoms with Gasteiger partial charge in [-0.05, 0) is 18.6 Å². The minimum atomic E-state index is 0.00448. The zero-order chi connectivity index (χ0) is 15.4. The van der Waals surface area contributed by atoms with Gasteiger partial charge in [-0.25, -0.2) is 4.79 Å². The van der Waals surface area contributed by atoms with E-state index in [9.17, 15) is 9.59 Å². The van der Waals surface area contributed by atoms with Crippen molar-refractivity contribution in [1.29, 1.82) is 0 Å². The molecule has 6 heteroatoms. The number of nitrogens with zero attached hydrogens (tertiary/aromatic N) is 4. The molecule has 1 aromatic heterocycles. The molecule has 2 rings (SSSR count). The summed E-state index contributed by atoms with van der Waals surface area (Å²) in [5, 5.41) is 0. The fourth-order valence-corrected chi connectivity index (χ4v) is 2.32. The molecule has 1 fully saturated rings. The van der Waals surface area contributed by atoms with Gasteiger partial charge in [0.2, 0.25) is 5.91 Å². The Kier molecular flexibility index (Phi) is 4.77. The summed E-state index contributed by atoms with van der Waals surface area (Å²) in [6.07, 6.45) is 2.12. The third-order valence-electron chi connectivity index (χ3n) is 3.61. The van der Waals surface area contributed by atoms with Crippen LogP contribution in [0.25, 0.3) is 0 Å². The van der Waals surface area contributed by atoms with E-state index in [1.165, 1.54) is 0 Å². The van der Waals surface area contributed by atoms with Crippen molar-refractivity contribution in [3.63, 3.8) is 0 Å². The molecular weight excluding hydrogens is 268 g/mol. The Morgan fingerprint density at radius 3 is 2.29 bits per heavy atom. The van der Waals surface area contributed by atoms with E-state index in [4.69, 9.17) is 0 Å². The van der Waals surface area contributed by atoms with E-state index in [1.54, 1.807) is 30.1 Å². The van der Waals surface area contributed by atoms with E-state index in [-0.39, 0.29) is 11.9 Å². The highest BCUT2D eigenvalue weighted by molar-refractivity contribution is 5.79. The van der Waals surface area contributed by atoms with Gasteiger partial charge in [-0.1, -0.05) is 6.07 Å². The van der Waals surface area contributed by atoms with Crippen LogP contribution in [0.4, 0.5) is 4.79 Å². The Hall–Kier alpha value is -2.11. The van der Waals surface area contributed by atoms with Gasteiger partial charge in [0.1, 0.15) is 0 Å². The van der Waals surface area contributed by atoms with Crippen molar-refractivity contribution in [2.24, 2.45) is 0 Å². The monoisotopic (exact) mass is 290 g/mol. The summed E-state index contributed by atoms with van der Waals surface area (Å²) in [5.41, 5.74) is 1.87. The molecule has 1 aliphatic heterocycles. The van der Waals surface area contributed by atoms with Crippen LogP contribution >= 0.6 is 0 Å². The van der Waals surface area contributed by atoms with Crippen LogP contribution in [-0.2, 0) is 11.2 Å². The van der Waals surface area contributed by atoms with Gasteiger partial charge < -0.3 is 14.7 Å². The summed E-state index contributed by atoms with van der Waals surface area (Å²) in [7, 11) is 3.48. The predicted molar refractivity (Wildman–Crippen MR) is 79.9 cm³/mol. The Morgan fingerprint density at radius 2 is 1.76 bits per heavy atom. The largest absolute Gasteiger partial charge is 0.339 e. The highest BCUT2D eigenvalue weighted by atomic mass is 16.2. The Labute approximate surface area is 125 Å². The second kappa shape index (κ2) is 6.56. The lowest BCUT2D eigenvalue weighted by atomic mass is 10.1. The van der Waals surface area contributed by atoms with Crippen LogP contribution in [0.2, 0.25) is 0 Å². The van der Waals surface area contributed by atoms with E-state index in [0.717, 1.165) is 11.3 Å². The van der Waals surface area contributed by atoms with Crippen LogP contribution in [0.1, 0.15) is 11.3 Å². The average molecular weight is 290 g/mol. The fraction of sp³-hybridized carbons (Fsp3) is 0.533. The van der Waals surface area contributed by atoms with E-state index < -0.39 is 0 Å². The van der Waals surface area contributed by atoms with Crippen LogP contribution in [-0.4, -0.2) is 71.9 Å². The maximum absolute atomic E-state index is 12.2. The SMILES string of the molecule is Cc1ccc(CC(=O)N2CCN(C(=O)N(C)C)CC2)cn1. The summed E-state index contributed by atoms with van der Waals surface area (Å²) in [6, 6.07) is 3.85. The summed E-state index contributed by atoms with van der Waals surface area (Å²) in [6.45, 7) is 4.30. The van der Waals surface area contributed by atoms with Crippen LogP contribution < -0.4 is 0 Å². The van der Waals surface area contributed by atoms with Crippen molar-refractivity contribution in [1.82, 2.24) is 19.7 Å². The number of hydrogen-bond donors (Lipinski definition) is 0. The molecule has 3 amide bonds. The topological polar surface area (TPSA) is 56.8 Å². The second-order valence-electron chi connectivity index (χ2n) is 5.53. The van der Waals surface area contributed by atoms with Crippen molar-refractivity contribution in [3.8, 4) is 0 Å². The van der Waals surface area contributed by atoms with Gasteiger partial charge in [0.05, 0.1) is 6.42 Å². The number of rotatable bonds is 2. The molecule has 1 aromatic rings. The first-order chi connectivity index (χ1) is 9.97. The molecule has 0 radical (unpaired) electrons. The van der Waals surface area contributed by atoms with E-state index in [0.29, 0.717) is 32.6 Å². The molecule has 0 spiro atoms. The first-order valence-electron chi connectivity index (χ1n) is 7.13. The number of piperazine rings is 1. The summed E-state index contributed by atoms with van der Waals surface area (Å²) in [5.74, 6) is 0.0950. The lowest BCUT2D eigenvalue weighted by Gasteiger charge is -2.36. The number of amides is 3. The van der Waals surface area contributed by atoms with Gasteiger partial charge >= 0.3 is 6.03 Å². The van der Waals surface area contributed by atoms with Crippen molar-refractivity contribution in [3.05, 3.63) is 29.6 Å². The third-order valence-corrected chi connectivity index (χ3v) is 3.61. The molecule has 21 heavy (non-hydrogen) atoms. The highest BCUT2D eigenvalue weighted by Crippen LogP contribution is 2.08. The molecule has 0 bridgehead atoms. The molecule has 114 valence electrons. The van der Waals surface area contributed by atoms with Crippen LogP contribution in [0, 0.1) is 6.92 Å². The number of aromatic nitrogens is 1. The molecule has 1 saturated heterocycles. The molecule has 1 aliphatic rings. The predicted octanol–water partition coefficient (Wildman–Crippen LogP) is 0.758. The molecule has 0 aliphatic carbocycles. The van der Waals surface area contributed by atoms with Gasteiger partial charge in [0.25, 0.3) is 0 Å². The van der Waals surface area contributed by atoms with E-state index in [2.05, 4.69) is 4.98 Å². The standard InChI is InChI=1S/C15H22N4O2/c1-12-4-5-13(11-16-12)10-14(20)18-6-8-19(9-7-18)15(21)17(2)3/h4-5,11H,6-10H2,1-3H3. The molecule has 0 N–H and O–H groups in total. The summed E-state index contributed by atoms with van der Waals surface area (Å²) < 4.78 is 0. The lowest BCUT2D eigenvalue weighted by Crippen LogP contribution is -2.53. The summed E-state index contributed by atoms with van der Waals surface area (Å²) >= 11 is 0. The van der Waals surface area contributed by atoms with Crippen molar-refractivity contribution in [2.45, 2.75) is 13.3 Å². The minimum Gasteiger partial charge on any atom is -0.339 e. The molecule has 0 aromatic carbocycles. The molecule has 0 unspecified atom stereocenters. The quantitative estimate of drug-likeness (QED) is 0.808. The number of carbonyl (C=O) groups is 2. The highest BCUT2D eigenvalue weighted by Gasteiger charge is 2.24. The van der Waals surface area contributed by atoms with Crippen molar-refractivity contribution in [2.75, 3.05) is 40.3 Å². The van der Waals surface area contributed by atoms with Crippen molar-refractivity contribution < 1.29 is 9.59 Å². The second-order valence-corrected chi connectivity index (χ2v) is 5.53. The Balaban J connectivity index is 1.86. The average Bonchev–Trinajstić information content (AvgIpc) is 2.49. The number of urea groups is 1. The third kappa shape index (κ3) is 3.93. The first-order valence-corrected chi connectivity index (χ1v) is 7.13. The van der Waals surface area contributed by atoms with Crippen LogP contribution in [0.5, 0.6) is 0 Å². The van der Waals surface area contributed by atoms with Gasteiger partial charge in [-0.3, -0.25) is 9.78 Å². The summed E-state index contributed by atoms with van der Waals surface area (Å²) in [4.78, 5) is 33.4. The molecule has 2 heterocycles. The molecule has 6 nitrogen and oxygen atoms in total. The number of carbonyl (C=O) groups excluding carboxylic acids is 2. The van der Waals surface area contributed by atoms with Gasteiger partial charge in [0.15, 0.2) is 0 Å². The number of pyridine rings is 1. The maximum Gasteiger partial charge on any atom is 0.319 e. The molecular formula is C15H22N4O2.